The average Bonchev–Trinajstić information content (AvgIpc) is 2.34. The third kappa shape index (κ3) is 4.82. The molecule has 6 heteroatoms. The molecule has 19 heavy (non-hydrogen) atoms. The molecule has 104 valence electrons. The zero-order chi connectivity index (χ0) is 14.4. The van der Waals surface area contributed by atoms with Gasteiger partial charge in [-0.15, -0.1) is 0 Å². The molecule has 0 fully saturated rings. The Morgan fingerprint density at radius 1 is 1.42 bits per heavy atom. The smallest absolute Gasteiger partial charge is 0.312 e. The van der Waals surface area contributed by atoms with Crippen LogP contribution in [0.4, 0.5) is 0 Å². The van der Waals surface area contributed by atoms with E-state index in [-0.39, 0.29) is 23.6 Å². The normalized spacial score (nSPS) is 12.2. The molecule has 1 atom stereocenters. The van der Waals surface area contributed by atoms with Gasteiger partial charge in [-0.2, -0.15) is 8.42 Å². The van der Waals surface area contributed by atoms with Crippen molar-refractivity contribution in [1.29, 1.82) is 0 Å². The van der Waals surface area contributed by atoms with Crippen molar-refractivity contribution < 1.29 is 18.3 Å². The van der Waals surface area contributed by atoms with Gasteiger partial charge in [0.15, 0.2) is 0 Å². The van der Waals surface area contributed by atoms with Crippen LogP contribution in [0, 0.1) is 11.8 Å². The number of rotatable bonds is 6. The van der Waals surface area contributed by atoms with Gasteiger partial charge in [0.2, 0.25) is 10.3 Å². The van der Waals surface area contributed by atoms with Crippen molar-refractivity contribution in [2.45, 2.75) is 26.7 Å². The van der Waals surface area contributed by atoms with Crippen LogP contribution in [-0.4, -0.2) is 29.3 Å². The Morgan fingerprint density at radius 3 is 2.53 bits per heavy atom. The molecule has 0 aliphatic rings. The Labute approximate surface area is 113 Å². The van der Waals surface area contributed by atoms with Crippen LogP contribution in [0.2, 0.25) is 0 Å². The summed E-state index contributed by atoms with van der Waals surface area (Å²) in [5, 5.41) is 9.25. The first-order valence-corrected chi connectivity index (χ1v) is 7.06. The Hall–Kier alpha value is -1.69. The van der Waals surface area contributed by atoms with Gasteiger partial charge in [0.25, 0.3) is 0 Å². The minimum atomic E-state index is -2.48. The highest BCUT2D eigenvalue weighted by Gasteiger charge is 2.26. The van der Waals surface area contributed by atoms with E-state index < -0.39 is 22.2 Å². The molecule has 1 unspecified atom stereocenters. The second-order valence-corrected chi connectivity index (χ2v) is 5.75. The molecule has 1 heterocycles. The largest absolute Gasteiger partial charge is 0.481 e. The molecular formula is C13H17NO4S. The number of aliphatic carboxylic acids is 1. The summed E-state index contributed by atoms with van der Waals surface area (Å²) in [7, 11) is -2.48. The number of carboxylic acid groups (broad SMARTS) is 1. The minimum Gasteiger partial charge on any atom is -0.481 e. The van der Waals surface area contributed by atoms with Gasteiger partial charge in [-0.3, -0.25) is 9.78 Å². The van der Waals surface area contributed by atoms with Gasteiger partial charge in [-0.05, 0) is 30.4 Å². The van der Waals surface area contributed by atoms with Gasteiger partial charge in [0.1, 0.15) is 0 Å². The Kier molecular flexibility index (Phi) is 5.69. The van der Waals surface area contributed by atoms with Gasteiger partial charge < -0.3 is 5.11 Å². The van der Waals surface area contributed by atoms with Crippen LogP contribution in [0.15, 0.2) is 24.5 Å². The van der Waals surface area contributed by atoms with Crippen molar-refractivity contribution >= 4 is 21.1 Å². The van der Waals surface area contributed by atoms with E-state index in [2.05, 4.69) is 4.98 Å². The molecule has 1 aromatic rings. The lowest BCUT2D eigenvalue weighted by Gasteiger charge is -2.14. The van der Waals surface area contributed by atoms with Crippen molar-refractivity contribution in [3.8, 4) is 0 Å². The van der Waals surface area contributed by atoms with Crippen molar-refractivity contribution in [3.63, 3.8) is 0 Å². The number of carbonyl (C=O) groups is 1. The lowest BCUT2D eigenvalue weighted by Crippen LogP contribution is -2.28. The minimum absolute atomic E-state index is 0.0475. The molecule has 0 aromatic carbocycles. The van der Waals surface area contributed by atoms with Crippen molar-refractivity contribution in [1.82, 2.24) is 4.98 Å². The maximum Gasteiger partial charge on any atom is 0.312 e. The topological polar surface area (TPSA) is 84.3 Å². The van der Waals surface area contributed by atoms with E-state index in [9.17, 15) is 18.3 Å². The summed E-state index contributed by atoms with van der Waals surface area (Å²) in [6.07, 6.45) is 3.53. The predicted molar refractivity (Wildman–Crippen MR) is 72.4 cm³/mol. The second kappa shape index (κ2) is 7.04. The lowest BCUT2D eigenvalue weighted by molar-refractivity contribution is -0.139. The fraction of sp³-hybridized carbons (Fsp3) is 0.462. The molecule has 0 bridgehead atoms. The predicted octanol–water partition coefficient (Wildman–Crippen LogP) is 1.42. The van der Waals surface area contributed by atoms with E-state index in [1.165, 1.54) is 0 Å². The number of aromatic nitrogens is 1. The van der Waals surface area contributed by atoms with Gasteiger partial charge in [0, 0.05) is 12.4 Å². The summed E-state index contributed by atoms with van der Waals surface area (Å²) < 4.78 is 22.5. The van der Waals surface area contributed by atoms with Gasteiger partial charge >= 0.3 is 5.97 Å². The fourth-order valence-corrected chi connectivity index (χ4v) is 2.71. The van der Waals surface area contributed by atoms with Gasteiger partial charge in [-0.25, -0.2) is 0 Å². The Morgan fingerprint density at radius 2 is 2.11 bits per heavy atom. The highest BCUT2D eigenvalue weighted by molar-refractivity contribution is 7.73. The van der Waals surface area contributed by atoms with E-state index in [0.29, 0.717) is 5.56 Å². The molecule has 0 amide bonds. The molecule has 0 saturated heterocycles. The van der Waals surface area contributed by atoms with E-state index >= 15 is 0 Å². The van der Waals surface area contributed by atoms with E-state index in [4.69, 9.17) is 0 Å². The zero-order valence-electron chi connectivity index (χ0n) is 10.9. The molecule has 1 rings (SSSR count). The molecule has 1 aromatic heterocycles. The van der Waals surface area contributed by atoms with E-state index in [0.717, 1.165) is 0 Å². The van der Waals surface area contributed by atoms with Crippen LogP contribution in [0.1, 0.15) is 25.8 Å². The van der Waals surface area contributed by atoms with E-state index in [1.807, 2.05) is 13.8 Å². The first kappa shape index (κ1) is 15.4. The number of nitrogens with zero attached hydrogens (tertiary/aromatic N) is 1. The summed E-state index contributed by atoms with van der Waals surface area (Å²) in [6, 6.07) is 3.44. The molecule has 0 saturated carbocycles. The van der Waals surface area contributed by atoms with Gasteiger partial charge in [-0.1, -0.05) is 19.9 Å². The molecule has 0 radical (unpaired) electrons. The Balaban J connectivity index is 3.07. The molecule has 0 aliphatic carbocycles. The molecular weight excluding hydrogens is 266 g/mol. The summed E-state index contributed by atoms with van der Waals surface area (Å²) in [5.74, 6) is -2.06. The van der Waals surface area contributed by atoms with Crippen molar-refractivity contribution in [2.75, 3.05) is 0 Å². The monoisotopic (exact) mass is 283 g/mol. The average molecular weight is 283 g/mol. The highest BCUT2D eigenvalue weighted by atomic mass is 32.2. The third-order valence-corrected chi connectivity index (χ3v) is 3.55. The number of carboxylic acids is 1. The Bertz CT molecular complexity index is 556. The lowest BCUT2D eigenvalue weighted by atomic mass is 9.92. The molecule has 0 aliphatic heterocycles. The first-order chi connectivity index (χ1) is 8.91. The maximum atomic E-state index is 11.3. The second-order valence-electron chi connectivity index (χ2n) is 4.76. The summed E-state index contributed by atoms with van der Waals surface area (Å²) in [4.78, 5) is 15.3. The summed E-state index contributed by atoms with van der Waals surface area (Å²) in [5.41, 5.74) is 0.710. The van der Waals surface area contributed by atoms with Crippen LogP contribution in [0.5, 0.6) is 0 Å². The third-order valence-electron chi connectivity index (χ3n) is 2.67. The van der Waals surface area contributed by atoms with Crippen LogP contribution >= 0.6 is 0 Å². The van der Waals surface area contributed by atoms with E-state index in [1.54, 1.807) is 24.5 Å². The van der Waals surface area contributed by atoms with Crippen LogP contribution in [-0.2, 0) is 21.5 Å². The highest BCUT2D eigenvalue weighted by Crippen LogP contribution is 2.15. The number of pyridine rings is 1. The molecule has 0 spiro atoms. The molecule has 1 N–H and O–H groups in total. The fourth-order valence-electron chi connectivity index (χ4n) is 1.82. The first-order valence-electron chi connectivity index (χ1n) is 5.98. The van der Waals surface area contributed by atoms with Crippen LogP contribution < -0.4 is 0 Å². The summed E-state index contributed by atoms with van der Waals surface area (Å²) in [6.45, 7) is 3.71. The maximum absolute atomic E-state index is 11.3. The summed E-state index contributed by atoms with van der Waals surface area (Å²) >= 11 is 0. The van der Waals surface area contributed by atoms with Crippen molar-refractivity contribution in [3.05, 3.63) is 30.1 Å². The quantitative estimate of drug-likeness (QED) is 0.798. The number of hydrogen-bond acceptors (Lipinski definition) is 4. The van der Waals surface area contributed by atoms with Crippen molar-refractivity contribution in [2.24, 2.45) is 11.8 Å². The van der Waals surface area contributed by atoms with Gasteiger partial charge in [0.05, 0.1) is 10.8 Å². The zero-order valence-corrected chi connectivity index (χ0v) is 11.7. The SMILES string of the molecule is CC(C)CC(C(Cc1cccnc1)C(=O)O)=S(=O)=O. The molecule has 5 nitrogen and oxygen atoms in total. The standard InChI is InChI=1S/C13H17NO4S/c1-9(2)6-12(19(17)18)11(13(15)16)7-10-4-3-5-14-8-10/h3-5,8-9,11H,6-7H2,1-2H3,(H,15,16). The number of hydrogen-bond donors (Lipinski definition) is 1. The van der Waals surface area contributed by atoms with Crippen LogP contribution in [0.25, 0.3) is 0 Å². The van der Waals surface area contributed by atoms with Crippen LogP contribution in [0.3, 0.4) is 0 Å².